The van der Waals surface area contributed by atoms with E-state index in [1.54, 1.807) is 86.0 Å². The van der Waals surface area contributed by atoms with Crippen LogP contribution in [0.1, 0.15) is 63.8 Å². The van der Waals surface area contributed by atoms with Gasteiger partial charge in [0.25, 0.3) is 0 Å². The van der Waals surface area contributed by atoms with Crippen molar-refractivity contribution in [2.75, 3.05) is 11.0 Å². The molecular weight excluding hydrogens is 1290 g/mol. The summed E-state index contributed by atoms with van der Waals surface area (Å²) in [5.41, 5.74) is 42.8. The molecule has 5 aromatic heterocycles. The molecular formula is C70H70BrN15O8S. The predicted molar refractivity (Wildman–Crippen MR) is 371 cm³/mol. The molecule has 0 aliphatic rings. The lowest BCUT2D eigenvalue weighted by Crippen LogP contribution is -2.12. The minimum Gasteiger partial charge on any atom is -0.508 e. The van der Waals surface area contributed by atoms with Gasteiger partial charge < -0.3 is 33.8 Å². The Balaban J connectivity index is 0.000000192. The highest BCUT2D eigenvalue weighted by atomic mass is 79.9. The molecule has 10 aromatic rings. The lowest BCUT2D eigenvalue weighted by atomic mass is 9.93. The first-order valence-electron chi connectivity index (χ1n) is 29.1. The van der Waals surface area contributed by atoms with Crippen LogP contribution in [0.15, 0.2) is 201 Å². The molecule has 23 nitrogen and oxygen atoms in total. The number of pyridine rings is 1. The zero-order valence-electron chi connectivity index (χ0n) is 52.4. The molecule has 10 rings (SSSR count). The molecule has 0 aliphatic heterocycles. The summed E-state index contributed by atoms with van der Waals surface area (Å²) >= 11 is 3.35. The van der Waals surface area contributed by atoms with Gasteiger partial charge in [-0.15, -0.1) is 0 Å². The number of aromatic hydroxyl groups is 1. The smallest absolute Gasteiger partial charge is 0.241 e. The number of hydrogen-bond donors (Lipinski definition) is 7. The number of amides is 5. The molecule has 0 spiro atoms. The summed E-state index contributed by atoms with van der Waals surface area (Å²) in [4.78, 5) is 90.1. The van der Waals surface area contributed by atoms with Gasteiger partial charge in [-0.2, -0.15) is 0 Å². The molecule has 25 heteroatoms. The van der Waals surface area contributed by atoms with Crippen LogP contribution in [0.5, 0.6) is 5.75 Å². The number of sulfonamides is 1. The van der Waals surface area contributed by atoms with E-state index in [1.165, 1.54) is 43.7 Å². The zero-order chi connectivity index (χ0) is 68.9. The Kier molecular flexibility index (Phi) is 27.8. The largest absolute Gasteiger partial charge is 0.508 e. The topological polar surface area (TPSA) is 398 Å². The third kappa shape index (κ3) is 25.2. The first-order chi connectivity index (χ1) is 45.4. The Morgan fingerprint density at radius 1 is 0.453 bits per heavy atom. The van der Waals surface area contributed by atoms with Crippen molar-refractivity contribution >= 4 is 73.5 Å². The number of carbonyl (C=O) groups is 5. The standard InChI is InChI=1S/C19H19N5O3S.C14H15N3O.C14H13N3O.C13H13N3O2.C10H10BrNO/c1-28(26,27)24-19-9-15(6-7-23-19)17-4-2-13(16-10-21-12-22-11-16)8-14(17)3-5-18(20)25;2*1-10-2-3-12(13-7-16-9-17-8-13)6-11(10)4-5-14(15)18;14-13(18)4-2-10-5-9(1-3-12(10)17)11-6-15-8-16-7-11;1-7-2-4-9(11)6-8(7)3-5-10(12)13/h2,4,6-12H,3,5H2,1H3,(H2,20,25)(H,23,24);2-3,6-9H,4-5H2,1H3,(H2,15,18);2-9H,1H3,(H2,15,18);1,3,5-8,17H,2,4H2,(H2,14,18);2-6H,1H3,(H2,12,13)/b;;5-4+;;5-3+. The highest BCUT2D eigenvalue weighted by Gasteiger charge is 2.13. The summed E-state index contributed by atoms with van der Waals surface area (Å²) in [6.45, 7) is 5.99. The predicted octanol–water partition coefficient (Wildman–Crippen LogP) is 9.34. The van der Waals surface area contributed by atoms with Crippen LogP contribution in [-0.2, 0) is 53.3 Å². The second kappa shape index (κ2) is 36.5. The first kappa shape index (κ1) is 72.5. The van der Waals surface area contributed by atoms with Gasteiger partial charge in [-0.25, -0.2) is 53.3 Å². The van der Waals surface area contributed by atoms with Gasteiger partial charge in [0.15, 0.2) is 0 Å². The van der Waals surface area contributed by atoms with Crippen molar-refractivity contribution in [3.05, 3.63) is 245 Å². The maximum Gasteiger partial charge on any atom is 0.241 e. The molecule has 5 amide bonds. The summed E-state index contributed by atoms with van der Waals surface area (Å²) in [5.74, 6) is -1.56. The maximum atomic E-state index is 11.5. The lowest BCUT2D eigenvalue weighted by molar-refractivity contribution is -0.118. The number of benzene rings is 5. The van der Waals surface area contributed by atoms with E-state index in [-0.39, 0.29) is 36.2 Å². The fraction of sp³-hybridized carbons (Fsp3) is 0.143. The molecule has 0 aliphatic carbocycles. The van der Waals surface area contributed by atoms with Gasteiger partial charge in [-0.1, -0.05) is 76.6 Å². The number of phenolic OH excluding ortho intramolecular Hbond substituents is 1. The van der Waals surface area contributed by atoms with Gasteiger partial charge in [-0.05, 0) is 173 Å². The Labute approximate surface area is 558 Å². The van der Waals surface area contributed by atoms with Gasteiger partial charge >= 0.3 is 0 Å². The van der Waals surface area contributed by atoms with E-state index in [2.05, 4.69) is 71.6 Å². The van der Waals surface area contributed by atoms with Crippen LogP contribution in [0, 0.1) is 20.8 Å². The monoisotopic (exact) mass is 1360 g/mol. The van der Waals surface area contributed by atoms with Crippen molar-refractivity contribution in [3.8, 4) is 61.4 Å². The number of rotatable bonds is 20. The number of aryl methyl sites for hydroxylation is 6. The number of anilines is 1. The second-order valence-electron chi connectivity index (χ2n) is 21.1. The Bertz CT molecular complexity index is 4340. The molecule has 0 atom stereocenters. The van der Waals surface area contributed by atoms with E-state index in [4.69, 9.17) is 28.7 Å². The fourth-order valence-corrected chi connectivity index (χ4v) is 9.76. The van der Waals surface area contributed by atoms with Crippen molar-refractivity contribution in [2.45, 2.75) is 59.3 Å². The number of halogens is 1. The van der Waals surface area contributed by atoms with Gasteiger partial charge in [0.2, 0.25) is 39.6 Å². The molecule has 486 valence electrons. The van der Waals surface area contributed by atoms with Crippen LogP contribution in [0.2, 0.25) is 0 Å². The van der Waals surface area contributed by atoms with Crippen LogP contribution in [-0.4, -0.2) is 94.2 Å². The van der Waals surface area contributed by atoms with Gasteiger partial charge in [0.05, 0.1) is 6.26 Å². The quantitative estimate of drug-likeness (QED) is 0.0349. The molecule has 12 N–H and O–H groups in total. The van der Waals surface area contributed by atoms with E-state index in [0.29, 0.717) is 31.2 Å². The van der Waals surface area contributed by atoms with Crippen molar-refractivity contribution < 1.29 is 37.5 Å². The number of aromatic nitrogens is 9. The third-order valence-electron chi connectivity index (χ3n) is 13.8. The molecule has 5 aromatic carbocycles. The summed E-state index contributed by atoms with van der Waals surface area (Å²) in [5, 5.41) is 9.71. The van der Waals surface area contributed by atoms with Gasteiger partial charge in [0, 0.05) is 114 Å². The minimum atomic E-state index is -3.44. The number of nitrogens with zero attached hydrogens (tertiary/aromatic N) is 9. The van der Waals surface area contributed by atoms with E-state index < -0.39 is 27.7 Å². The zero-order valence-corrected chi connectivity index (χ0v) is 54.8. The van der Waals surface area contributed by atoms with E-state index in [0.717, 1.165) is 105 Å². The average molecular weight is 1360 g/mol. The van der Waals surface area contributed by atoms with Gasteiger partial charge in [0.1, 0.15) is 36.9 Å². The molecule has 0 fully saturated rings. The molecule has 0 unspecified atom stereocenters. The SMILES string of the molecule is CS(=O)(=O)Nc1cc(-c2ccc(-c3cncnc3)cc2CCC(N)=O)ccn1.Cc1ccc(-c2cncnc2)cc1/C=C/C(N)=O.Cc1ccc(-c2cncnc2)cc1CCC(N)=O.Cc1ccc(Br)cc1/C=C/C(N)=O.NC(=O)CCc1cc(-c2cncnc2)ccc1O. The maximum absolute atomic E-state index is 11.5. The van der Waals surface area contributed by atoms with Crippen LogP contribution < -0.4 is 33.4 Å². The van der Waals surface area contributed by atoms with Crippen LogP contribution >= 0.6 is 15.9 Å². The number of hydrogen-bond acceptors (Lipinski definition) is 17. The molecule has 0 bridgehead atoms. The van der Waals surface area contributed by atoms with E-state index in [1.807, 2.05) is 93.6 Å². The fourth-order valence-electron chi connectivity index (χ4n) is 8.89. The average Bonchev–Trinajstić information content (AvgIpc) is 0.856. The minimum absolute atomic E-state index is 0.164. The van der Waals surface area contributed by atoms with E-state index in [9.17, 15) is 37.5 Å². The van der Waals surface area contributed by atoms with Crippen molar-refractivity contribution in [1.29, 1.82) is 0 Å². The second-order valence-corrected chi connectivity index (χ2v) is 23.8. The third-order valence-corrected chi connectivity index (χ3v) is 14.8. The number of phenols is 1. The lowest BCUT2D eigenvalue weighted by Gasteiger charge is -2.13. The summed E-state index contributed by atoms with van der Waals surface area (Å²) in [6, 6.07) is 32.4. The number of nitrogens with two attached hydrogens (primary N) is 5. The molecule has 0 saturated heterocycles. The van der Waals surface area contributed by atoms with E-state index >= 15 is 0 Å². The number of nitrogens with one attached hydrogen (secondary N) is 1. The van der Waals surface area contributed by atoms with Crippen LogP contribution in [0.25, 0.3) is 67.8 Å². The Morgan fingerprint density at radius 2 is 0.832 bits per heavy atom. The number of primary amides is 5. The summed E-state index contributed by atoms with van der Waals surface area (Å²) in [6.07, 6.45) is 30.8. The highest BCUT2D eigenvalue weighted by molar-refractivity contribution is 9.10. The number of carbonyl (C=O) groups excluding carboxylic acids is 5. The molecule has 0 radical (unpaired) electrons. The summed E-state index contributed by atoms with van der Waals surface area (Å²) < 4.78 is 26.3. The van der Waals surface area contributed by atoms with Gasteiger partial charge in [-0.3, -0.25) is 28.7 Å². The van der Waals surface area contributed by atoms with Crippen LogP contribution in [0.4, 0.5) is 5.82 Å². The van der Waals surface area contributed by atoms with Crippen molar-refractivity contribution in [1.82, 2.24) is 44.9 Å². The summed E-state index contributed by atoms with van der Waals surface area (Å²) in [7, 11) is -3.44. The molecule has 0 saturated carbocycles. The van der Waals surface area contributed by atoms with Crippen molar-refractivity contribution in [2.24, 2.45) is 28.7 Å². The Hall–Kier alpha value is -11.6. The van der Waals surface area contributed by atoms with Crippen molar-refractivity contribution in [3.63, 3.8) is 0 Å². The Morgan fingerprint density at radius 3 is 1.28 bits per heavy atom. The normalized spacial score (nSPS) is 10.7. The first-order valence-corrected chi connectivity index (χ1v) is 31.8. The van der Waals surface area contributed by atoms with Crippen LogP contribution in [0.3, 0.4) is 0 Å². The molecule has 5 heterocycles. The molecule has 95 heavy (non-hydrogen) atoms. The highest BCUT2D eigenvalue weighted by Crippen LogP contribution is 2.32.